The number of anilines is 1. The van der Waals surface area contributed by atoms with Crippen molar-refractivity contribution in [3.05, 3.63) is 64.7 Å². The molecule has 2 aromatic rings. The molecule has 1 atom stereocenters. The first-order valence-electron chi connectivity index (χ1n) is 8.97. The molecule has 10 heteroatoms. The van der Waals surface area contributed by atoms with E-state index in [2.05, 4.69) is 20.9 Å². The van der Waals surface area contributed by atoms with Gasteiger partial charge in [-0.15, -0.1) is 24.0 Å². The van der Waals surface area contributed by atoms with Crippen LogP contribution in [0.2, 0.25) is 0 Å². The van der Waals surface area contributed by atoms with Crippen LogP contribution < -0.4 is 16.0 Å². The van der Waals surface area contributed by atoms with Crippen molar-refractivity contribution in [2.24, 2.45) is 4.99 Å². The first-order valence-corrected chi connectivity index (χ1v) is 8.97. The second-order valence-corrected chi connectivity index (χ2v) is 6.34. The molecule has 0 aromatic heterocycles. The van der Waals surface area contributed by atoms with Crippen LogP contribution >= 0.6 is 24.0 Å². The second kappa shape index (κ2) is 11.7. The normalized spacial score (nSPS) is 12.0. The van der Waals surface area contributed by atoms with Gasteiger partial charge in [0.2, 0.25) is 5.91 Å². The molecule has 0 spiro atoms. The number of rotatable bonds is 6. The van der Waals surface area contributed by atoms with Gasteiger partial charge >= 0.3 is 0 Å². The predicted octanol–water partition coefficient (Wildman–Crippen LogP) is 4.42. The van der Waals surface area contributed by atoms with E-state index in [9.17, 15) is 22.4 Å². The zero-order chi connectivity index (χ0) is 21.6. The summed E-state index contributed by atoms with van der Waals surface area (Å²) in [7, 11) is 0. The summed E-state index contributed by atoms with van der Waals surface area (Å²) in [4.78, 5) is 16.1. The first kappa shape index (κ1) is 25.7. The summed E-state index contributed by atoms with van der Waals surface area (Å²) in [6.45, 7) is 5.39. The van der Waals surface area contributed by atoms with Crippen molar-refractivity contribution in [1.82, 2.24) is 10.6 Å². The van der Waals surface area contributed by atoms with E-state index < -0.39 is 35.6 Å². The van der Waals surface area contributed by atoms with Crippen molar-refractivity contribution in [3.63, 3.8) is 0 Å². The molecular formula is C20H23F4IN4O. The fourth-order valence-corrected chi connectivity index (χ4v) is 2.45. The number of nitrogens with zero attached hydrogens (tertiary/aromatic N) is 1. The summed E-state index contributed by atoms with van der Waals surface area (Å²) in [5.74, 6) is -5.27. The predicted molar refractivity (Wildman–Crippen MR) is 119 cm³/mol. The van der Waals surface area contributed by atoms with Gasteiger partial charge in [-0.3, -0.25) is 4.79 Å². The minimum Gasteiger partial charge on any atom is -0.357 e. The molecule has 0 saturated heterocycles. The van der Waals surface area contributed by atoms with Gasteiger partial charge in [0.05, 0.1) is 11.7 Å². The van der Waals surface area contributed by atoms with Crippen LogP contribution in [0.5, 0.6) is 0 Å². The number of carbonyl (C=O) groups excluding carboxylic acids is 1. The molecule has 2 aromatic carbocycles. The summed E-state index contributed by atoms with van der Waals surface area (Å²) in [5, 5.41) is 8.12. The van der Waals surface area contributed by atoms with Gasteiger partial charge in [-0.1, -0.05) is 12.1 Å². The molecule has 5 nitrogen and oxygen atoms in total. The molecule has 0 aliphatic heterocycles. The molecule has 0 aliphatic rings. The zero-order valence-electron chi connectivity index (χ0n) is 16.7. The minimum absolute atomic E-state index is 0. The van der Waals surface area contributed by atoms with Crippen LogP contribution in [0.15, 0.2) is 35.3 Å². The lowest BCUT2D eigenvalue weighted by molar-refractivity contribution is -0.114. The Labute approximate surface area is 189 Å². The lowest BCUT2D eigenvalue weighted by atomic mass is 10.1. The van der Waals surface area contributed by atoms with E-state index in [1.807, 2.05) is 6.92 Å². The number of guanidine groups is 1. The highest BCUT2D eigenvalue weighted by Gasteiger charge is 2.15. The van der Waals surface area contributed by atoms with Gasteiger partial charge in [-0.25, -0.2) is 22.6 Å². The highest BCUT2D eigenvalue weighted by molar-refractivity contribution is 14.0. The molecule has 0 radical (unpaired) electrons. The largest absolute Gasteiger partial charge is 0.357 e. The number of carbonyl (C=O) groups is 1. The van der Waals surface area contributed by atoms with E-state index >= 15 is 0 Å². The number of amides is 1. The van der Waals surface area contributed by atoms with Crippen LogP contribution in [0.3, 0.4) is 0 Å². The maximum Gasteiger partial charge on any atom is 0.246 e. The number of nitrogens with one attached hydrogen (secondary N) is 3. The Morgan fingerprint density at radius 1 is 1.07 bits per heavy atom. The highest BCUT2D eigenvalue weighted by atomic mass is 127. The lowest BCUT2D eigenvalue weighted by Crippen LogP contribution is -2.39. The Hall–Kier alpha value is -2.37. The Kier molecular flexibility index (Phi) is 10.0. The van der Waals surface area contributed by atoms with Crippen LogP contribution in [-0.4, -0.2) is 25.0 Å². The molecule has 1 unspecified atom stereocenters. The fourth-order valence-electron chi connectivity index (χ4n) is 2.45. The van der Waals surface area contributed by atoms with Crippen molar-refractivity contribution < 1.29 is 22.4 Å². The number of hydrogen-bond acceptors (Lipinski definition) is 2. The third-order valence-corrected chi connectivity index (χ3v) is 4.08. The van der Waals surface area contributed by atoms with Crippen LogP contribution in [0.1, 0.15) is 31.0 Å². The molecular weight excluding hydrogens is 515 g/mol. The molecule has 3 N–H and O–H groups in total. The Bertz CT molecular complexity index is 924. The smallest absolute Gasteiger partial charge is 0.246 e. The Morgan fingerprint density at radius 2 is 1.77 bits per heavy atom. The van der Waals surface area contributed by atoms with Gasteiger partial charge < -0.3 is 16.0 Å². The van der Waals surface area contributed by atoms with Crippen LogP contribution in [0, 0.1) is 30.2 Å². The van der Waals surface area contributed by atoms with E-state index in [1.165, 1.54) is 6.07 Å². The molecule has 1 amide bonds. The number of aliphatic imine (C=N–C) groups is 1. The van der Waals surface area contributed by atoms with E-state index in [1.54, 1.807) is 26.0 Å². The average Bonchev–Trinajstić information content (AvgIpc) is 2.68. The molecule has 2 rings (SSSR count). The van der Waals surface area contributed by atoms with Gasteiger partial charge in [-0.05, 0) is 50.1 Å². The minimum atomic E-state index is -1.67. The zero-order valence-corrected chi connectivity index (χ0v) is 19.0. The van der Waals surface area contributed by atoms with Crippen molar-refractivity contribution in [1.29, 1.82) is 0 Å². The van der Waals surface area contributed by atoms with Crippen molar-refractivity contribution in [3.8, 4) is 0 Å². The number of hydrogen-bond donors (Lipinski definition) is 3. The van der Waals surface area contributed by atoms with Gasteiger partial charge in [0.1, 0.15) is 12.4 Å². The summed E-state index contributed by atoms with van der Waals surface area (Å²) < 4.78 is 53.6. The van der Waals surface area contributed by atoms with Gasteiger partial charge in [-0.2, -0.15) is 0 Å². The molecule has 0 saturated carbocycles. The first-order chi connectivity index (χ1) is 13.7. The quantitative estimate of drug-likeness (QED) is 0.168. The molecule has 30 heavy (non-hydrogen) atoms. The van der Waals surface area contributed by atoms with Gasteiger partial charge in [0, 0.05) is 6.54 Å². The Balaban J connectivity index is 0.00000450. The second-order valence-electron chi connectivity index (χ2n) is 6.34. The third-order valence-electron chi connectivity index (χ3n) is 4.08. The maximum atomic E-state index is 13.8. The fraction of sp³-hybridized carbons (Fsp3) is 0.300. The summed E-state index contributed by atoms with van der Waals surface area (Å²) in [6.07, 6.45) is 0. The lowest BCUT2D eigenvalue weighted by Gasteiger charge is -2.18. The number of halogens is 5. The Morgan fingerprint density at radius 3 is 2.40 bits per heavy atom. The topological polar surface area (TPSA) is 65.5 Å². The summed E-state index contributed by atoms with van der Waals surface area (Å²) >= 11 is 0. The third kappa shape index (κ3) is 6.85. The maximum absolute atomic E-state index is 13.8. The van der Waals surface area contributed by atoms with Crippen LogP contribution in [0.25, 0.3) is 0 Å². The van der Waals surface area contributed by atoms with Gasteiger partial charge in [0.15, 0.2) is 23.4 Å². The van der Waals surface area contributed by atoms with Crippen molar-refractivity contribution in [2.75, 3.05) is 18.4 Å². The van der Waals surface area contributed by atoms with Crippen LogP contribution in [-0.2, 0) is 4.79 Å². The van der Waals surface area contributed by atoms with Crippen molar-refractivity contribution >= 4 is 41.5 Å². The number of aryl methyl sites for hydroxylation is 1. The van der Waals surface area contributed by atoms with E-state index in [4.69, 9.17) is 0 Å². The molecule has 0 aliphatic carbocycles. The molecule has 0 bridgehead atoms. The van der Waals surface area contributed by atoms with E-state index in [-0.39, 0.29) is 41.8 Å². The van der Waals surface area contributed by atoms with Crippen LogP contribution in [0.4, 0.5) is 23.2 Å². The summed E-state index contributed by atoms with van der Waals surface area (Å²) in [5.41, 5.74) is 0.736. The standard InChI is InChI=1S/C20H22F4N4O.HI/c1-4-25-20(27-12(3)13-6-5-11(2)15(22)9-13)26-10-17(29)28-16-8-7-14(21)18(23)19(16)24;/h5-9,12H,4,10H2,1-3H3,(H,28,29)(H2,25,26,27);1H. The van der Waals surface area contributed by atoms with Crippen molar-refractivity contribution in [2.45, 2.75) is 26.8 Å². The molecule has 0 fully saturated rings. The van der Waals surface area contributed by atoms with E-state index in [0.29, 0.717) is 23.7 Å². The van der Waals surface area contributed by atoms with Gasteiger partial charge in [0.25, 0.3) is 0 Å². The SMILES string of the molecule is CCNC(=NCC(=O)Nc1ccc(F)c(F)c1F)NC(C)c1ccc(C)c(F)c1.I. The number of benzene rings is 2. The summed E-state index contributed by atoms with van der Waals surface area (Å²) in [6, 6.07) is 6.18. The monoisotopic (exact) mass is 538 g/mol. The van der Waals surface area contributed by atoms with E-state index in [0.717, 1.165) is 6.07 Å². The average molecular weight is 538 g/mol. The highest BCUT2D eigenvalue weighted by Crippen LogP contribution is 2.19. The molecule has 0 heterocycles. The molecule has 164 valence electrons.